The number of nitrogens with zero attached hydrogens (tertiary/aromatic N) is 2. The lowest BCUT2D eigenvalue weighted by atomic mass is 10.2. The minimum absolute atomic E-state index is 0.117. The van der Waals surface area contributed by atoms with Gasteiger partial charge in [0.1, 0.15) is 0 Å². The Morgan fingerprint density at radius 3 is 2.36 bits per heavy atom. The second kappa shape index (κ2) is 5.80. The van der Waals surface area contributed by atoms with E-state index < -0.39 is 29.7 Å². The predicted molar refractivity (Wildman–Crippen MR) is 65.0 cm³/mol. The highest BCUT2D eigenvalue weighted by Gasteiger charge is 2.42. The van der Waals surface area contributed by atoms with E-state index in [1.807, 2.05) is 0 Å². The number of rotatable bonds is 5. The Hall–Kier alpha value is -1.75. The average Bonchev–Trinajstić information content (AvgIpc) is 3.20. The highest BCUT2D eigenvalue weighted by molar-refractivity contribution is 5.80. The van der Waals surface area contributed by atoms with E-state index in [4.69, 9.17) is 15.3 Å². The van der Waals surface area contributed by atoms with Gasteiger partial charge in [-0.1, -0.05) is 0 Å². The average molecular weight is 321 g/mol. The molecular weight excluding hydrogens is 307 g/mol. The first-order valence-electron chi connectivity index (χ1n) is 6.36. The second-order valence-electron chi connectivity index (χ2n) is 4.92. The predicted octanol–water partition coefficient (Wildman–Crippen LogP) is -0.0682. The standard InChI is InChI=1S/C12H14F3N3O4/c13-11(14,15)8-3-4-9(16-5-8)6-17-18(12(20,21)22)10(19)7-1-2-7/h3-5,7,17,20-22H,1-2,6H2. The van der Waals surface area contributed by atoms with Gasteiger partial charge in [0.05, 0.1) is 17.8 Å². The van der Waals surface area contributed by atoms with Gasteiger partial charge >= 0.3 is 12.3 Å². The van der Waals surface area contributed by atoms with Gasteiger partial charge in [-0.05, 0) is 25.0 Å². The van der Waals surface area contributed by atoms with Crippen molar-refractivity contribution in [2.45, 2.75) is 31.7 Å². The number of carbonyl (C=O) groups excluding carboxylic acids is 1. The fourth-order valence-corrected chi connectivity index (χ4v) is 1.70. The molecule has 0 saturated heterocycles. The molecule has 0 spiro atoms. The summed E-state index contributed by atoms with van der Waals surface area (Å²) in [4.78, 5) is 15.3. The molecular formula is C12H14F3N3O4. The van der Waals surface area contributed by atoms with Crippen molar-refractivity contribution in [1.29, 1.82) is 0 Å². The van der Waals surface area contributed by atoms with Gasteiger partial charge in [0.25, 0.3) is 0 Å². The van der Waals surface area contributed by atoms with Crippen LogP contribution in [-0.2, 0) is 17.5 Å². The molecule has 1 fully saturated rings. The number of hydrogen-bond donors (Lipinski definition) is 4. The van der Waals surface area contributed by atoms with Crippen LogP contribution < -0.4 is 5.43 Å². The number of nitrogens with one attached hydrogen (secondary N) is 1. The zero-order chi connectivity index (χ0) is 16.5. The lowest BCUT2D eigenvalue weighted by Crippen LogP contribution is -2.59. The van der Waals surface area contributed by atoms with Crippen LogP contribution in [-0.4, -0.2) is 37.3 Å². The minimum atomic E-state index is -4.51. The number of halogens is 3. The molecule has 1 aliphatic carbocycles. The summed E-state index contributed by atoms with van der Waals surface area (Å²) < 4.78 is 37.2. The molecule has 10 heteroatoms. The van der Waals surface area contributed by atoms with Gasteiger partial charge in [0.2, 0.25) is 5.91 Å². The van der Waals surface area contributed by atoms with E-state index in [1.165, 1.54) is 0 Å². The largest absolute Gasteiger partial charge is 0.417 e. The molecule has 1 heterocycles. The molecule has 1 amide bonds. The molecule has 0 radical (unpaired) electrons. The molecule has 1 saturated carbocycles. The Labute approximate surface area is 123 Å². The summed E-state index contributed by atoms with van der Waals surface area (Å²) in [6, 6.07) is 1.88. The number of hydrazine groups is 1. The first kappa shape index (κ1) is 16.6. The summed E-state index contributed by atoms with van der Waals surface area (Å²) in [6.07, 6.45) is -6.18. The number of alkyl halides is 3. The molecule has 7 nitrogen and oxygen atoms in total. The maximum Gasteiger partial charge on any atom is 0.417 e. The highest BCUT2D eigenvalue weighted by atomic mass is 19.4. The van der Waals surface area contributed by atoms with Crippen LogP contribution >= 0.6 is 0 Å². The number of carbonyl (C=O) groups is 1. The molecule has 4 N–H and O–H groups in total. The van der Waals surface area contributed by atoms with E-state index in [0.717, 1.165) is 12.1 Å². The molecule has 0 bridgehead atoms. The van der Waals surface area contributed by atoms with Crippen LogP contribution in [0, 0.1) is 5.92 Å². The van der Waals surface area contributed by atoms with Crippen molar-refractivity contribution in [3.8, 4) is 0 Å². The molecule has 22 heavy (non-hydrogen) atoms. The van der Waals surface area contributed by atoms with Crippen molar-refractivity contribution in [3.05, 3.63) is 29.6 Å². The Morgan fingerprint density at radius 1 is 1.32 bits per heavy atom. The third kappa shape index (κ3) is 4.13. The van der Waals surface area contributed by atoms with E-state index >= 15 is 0 Å². The van der Waals surface area contributed by atoms with Gasteiger partial charge in [0.15, 0.2) is 0 Å². The maximum atomic E-state index is 12.4. The molecule has 1 aromatic heterocycles. The van der Waals surface area contributed by atoms with E-state index in [2.05, 4.69) is 10.4 Å². The molecule has 0 aromatic carbocycles. The molecule has 1 aliphatic rings. The first-order valence-corrected chi connectivity index (χ1v) is 6.36. The van der Waals surface area contributed by atoms with Crippen LogP contribution in [0.1, 0.15) is 24.1 Å². The number of hydrogen-bond acceptors (Lipinski definition) is 6. The van der Waals surface area contributed by atoms with E-state index in [9.17, 15) is 18.0 Å². The van der Waals surface area contributed by atoms with Crippen molar-refractivity contribution in [3.63, 3.8) is 0 Å². The highest BCUT2D eigenvalue weighted by Crippen LogP contribution is 2.31. The summed E-state index contributed by atoms with van der Waals surface area (Å²) in [7, 11) is 0. The van der Waals surface area contributed by atoms with Crippen LogP contribution in [0.25, 0.3) is 0 Å². The molecule has 122 valence electrons. The quantitative estimate of drug-likeness (QED) is 0.447. The fraction of sp³-hybridized carbons (Fsp3) is 0.500. The maximum absolute atomic E-state index is 12.4. The van der Waals surface area contributed by atoms with Crippen molar-refractivity contribution in [1.82, 2.24) is 15.4 Å². The number of aliphatic hydroxyl groups is 3. The van der Waals surface area contributed by atoms with E-state index in [0.29, 0.717) is 19.0 Å². The lowest BCUT2D eigenvalue weighted by Gasteiger charge is -2.30. The van der Waals surface area contributed by atoms with Gasteiger partial charge in [0, 0.05) is 12.1 Å². The van der Waals surface area contributed by atoms with Crippen LogP contribution in [0.15, 0.2) is 18.3 Å². The van der Waals surface area contributed by atoms with Crippen LogP contribution in [0.2, 0.25) is 0 Å². The van der Waals surface area contributed by atoms with E-state index in [1.54, 1.807) is 0 Å². The Balaban J connectivity index is 2.01. The van der Waals surface area contributed by atoms with Gasteiger partial charge in [-0.25, -0.2) is 5.43 Å². The fourth-order valence-electron chi connectivity index (χ4n) is 1.70. The Morgan fingerprint density at radius 2 is 1.95 bits per heavy atom. The summed E-state index contributed by atoms with van der Waals surface area (Å²) in [5.74, 6) is -1.14. The normalized spacial score (nSPS) is 15.7. The number of aromatic nitrogens is 1. The minimum Gasteiger partial charge on any atom is -0.324 e. The molecule has 1 aromatic rings. The Kier molecular flexibility index (Phi) is 4.38. The van der Waals surface area contributed by atoms with Crippen molar-refractivity contribution in [2.24, 2.45) is 5.92 Å². The third-order valence-corrected chi connectivity index (χ3v) is 3.02. The molecule has 2 rings (SSSR count). The first-order chi connectivity index (χ1) is 10.1. The molecule has 0 unspecified atom stereocenters. The SMILES string of the molecule is O=C(C1CC1)N(NCc1ccc(C(F)(F)F)cn1)C(O)(O)O. The number of pyridine rings is 1. The van der Waals surface area contributed by atoms with Crippen LogP contribution in [0.4, 0.5) is 13.2 Å². The van der Waals surface area contributed by atoms with Gasteiger partial charge in [-0.15, -0.1) is 0 Å². The smallest absolute Gasteiger partial charge is 0.324 e. The van der Waals surface area contributed by atoms with Gasteiger partial charge in [-0.3, -0.25) is 9.78 Å². The third-order valence-electron chi connectivity index (χ3n) is 3.02. The zero-order valence-corrected chi connectivity index (χ0v) is 11.2. The van der Waals surface area contributed by atoms with Crippen molar-refractivity contribution >= 4 is 5.91 Å². The van der Waals surface area contributed by atoms with Crippen LogP contribution in [0.5, 0.6) is 0 Å². The summed E-state index contributed by atoms with van der Waals surface area (Å²) in [5, 5.41) is 27.6. The van der Waals surface area contributed by atoms with Crippen LogP contribution in [0.3, 0.4) is 0 Å². The zero-order valence-electron chi connectivity index (χ0n) is 11.2. The van der Waals surface area contributed by atoms with Crippen molar-refractivity contribution in [2.75, 3.05) is 0 Å². The lowest BCUT2D eigenvalue weighted by molar-refractivity contribution is -0.393. The monoisotopic (exact) mass is 321 g/mol. The van der Waals surface area contributed by atoms with Crippen molar-refractivity contribution < 1.29 is 33.3 Å². The second-order valence-corrected chi connectivity index (χ2v) is 4.92. The molecule has 0 aliphatic heterocycles. The number of amides is 1. The molecule has 0 atom stereocenters. The summed E-state index contributed by atoms with van der Waals surface area (Å²) in [6.45, 7) is -0.278. The van der Waals surface area contributed by atoms with Gasteiger partial charge < -0.3 is 15.3 Å². The van der Waals surface area contributed by atoms with E-state index in [-0.39, 0.29) is 17.2 Å². The van der Waals surface area contributed by atoms with Gasteiger partial charge in [-0.2, -0.15) is 18.2 Å². The summed E-state index contributed by atoms with van der Waals surface area (Å²) in [5.41, 5.74) is 1.43. The Bertz CT molecular complexity index is 538. The summed E-state index contributed by atoms with van der Waals surface area (Å²) >= 11 is 0. The topological polar surface area (TPSA) is 106 Å².